The summed E-state index contributed by atoms with van der Waals surface area (Å²) >= 11 is 0. The largest absolute Gasteiger partial charge is 0.395 e. The van der Waals surface area contributed by atoms with E-state index in [2.05, 4.69) is 27.0 Å². The van der Waals surface area contributed by atoms with Gasteiger partial charge in [0, 0.05) is 24.8 Å². The van der Waals surface area contributed by atoms with Gasteiger partial charge in [0.1, 0.15) is 0 Å². The highest BCUT2D eigenvalue weighted by Gasteiger charge is 2.25. The van der Waals surface area contributed by atoms with E-state index < -0.39 is 0 Å². The lowest BCUT2D eigenvalue weighted by Crippen LogP contribution is -2.34. The Labute approximate surface area is 119 Å². The van der Waals surface area contributed by atoms with Gasteiger partial charge in [-0.2, -0.15) is 0 Å². The van der Waals surface area contributed by atoms with Crippen LogP contribution < -0.4 is 5.32 Å². The van der Waals surface area contributed by atoms with Crippen LogP contribution in [0.25, 0.3) is 0 Å². The zero-order valence-corrected chi connectivity index (χ0v) is 11.6. The first-order valence-electron chi connectivity index (χ1n) is 7.25. The first-order chi connectivity index (χ1) is 9.86. The molecule has 1 aromatic heterocycles. The Hall–Kier alpha value is -1.65. The predicted octanol–water partition coefficient (Wildman–Crippen LogP) is 1.91. The van der Waals surface area contributed by atoms with Crippen LogP contribution in [0.4, 0.5) is 0 Å². The standard InChI is InChI=1S/C16H21N3O/c20-11-14(8-13-4-2-1-3-5-13)18-10-16-9-17-12-19(16)15-6-7-15/h1-5,9,12,14-15,18,20H,6-8,10-11H2/t14-/m0/s1. The zero-order chi connectivity index (χ0) is 13.8. The lowest BCUT2D eigenvalue weighted by atomic mass is 10.1. The number of hydrogen-bond donors (Lipinski definition) is 2. The van der Waals surface area contributed by atoms with Crippen molar-refractivity contribution >= 4 is 0 Å². The Balaban J connectivity index is 1.56. The van der Waals surface area contributed by atoms with Gasteiger partial charge in [-0.25, -0.2) is 4.98 Å². The topological polar surface area (TPSA) is 50.1 Å². The van der Waals surface area contributed by atoms with E-state index in [0.29, 0.717) is 6.04 Å². The Morgan fingerprint density at radius 2 is 2.10 bits per heavy atom. The summed E-state index contributed by atoms with van der Waals surface area (Å²) in [4.78, 5) is 4.23. The molecule has 20 heavy (non-hydrogen) atoms. The van der Waals surface area contributed by atoms with Gasteiger partial charge in [-0.15, -0.1) is 0 Å². The van der Waals surface area contributed by atoms with E-state index in [1.165, 1.54) is 24.1 Å². The lowest BCUT2D eigenvalue weighted by Gasteiger charge is -2.17. The number of imidazole rings is 1. The highest BCUT2D eigenvalue weighted by Crippen LogP contribution is 2.35. The van der Waals surface area contributed by atoms with Gasteiger partial charge >= 0.3 is 0 Å². The molecule has 2 N–H and O–H groups in total. The highest BCUT2D eigenvalue weighted by atomic mass is 16.3. The molecule has 0 bridgehead atoms. The summed E-state index contributed by atoms with van der Waals surface area (Å²) in [5.41, 5.74) is 2.45. The Bertz CT molecular complexity index is 534. The molecular weight excluding hydrogens is 250 g/mol. The van der Waals surface area contributed by atoms with Crippen LogP contribution in [-0.4, -0.2) is 27.3 Å². The van der Waals surface area contributed by atoms with Crippen LogP contribution in [0.3, 0.4) is 0 Å². The van der Waals surface area contributed by atoms with Gasteiger partial charge < -0.3 is 15.0 Å². The van der Waals surface area contributed by atoms with Crippen LogP contribution >= 0.6 is 0 Å². The number of aromatic nitrogens is 2. The maximum absolute atomic E-state index is 9.52. The van der Waals surface area contributed by atoms with Crippen LogP contribution in [0.1, 0.15) is 30.1 Å². The molecule has 3 rings (SSSR count). The fourth-order valence-corrected chi connectivity index (χ4v) is 2.50. The van der Waals surface area contributed by atoms with Gasteiger partial charge in [-0.05, 0) is 24.8 Å². The first-order valence-corrected chi connectivity index (χ1v) is 7.25. The Morgan fingerprint density at radius 1 is 1.30 bits per heavy atom. The molecule has 0 aliphatic heterocycles. The summed E-state index contributed by atoms with van der Waals surface area (Å²) in [5.74, 6) is 0. The maximum atomic E-state index is 9.52. The summed E-state index contributed by atoms with van der Waals surface area (Å²) in [6.45, 7) is 0.904. The fraction of sp³-hybridized carbons (Fsp3) is 0.438. The summed E-state index contributed by atoms with van der Waals surface area (Å²) < 4.78 is 2.25. The van der Waals surface area contributed by atoms with Crippen molar-refractivity contribution in [2.24, 2.45) is 0 Å². The lowest BCUT2D eigenvalue weighted by molar-refractivity contribution is 0.240. The third kappa shape index (κ3) is 3.26. The van der Waals surface area contributed by atoms with E-state index in [-0.39, 0.29) is 12.6 Å². The second kappa shape index (κ2) is 6.20. The van der Waals surface area contributed by atoms with Crippen molar-refractivity contribution in [1.29, 1.82) is 0 Å². The fourth-order valence-electron chi connectivity index (χ4n) is 2.50. The number of hydrogen-bond acceptors (Lipinski definition) is 3. The zero-order valence-electron chi connectivity index (χ0n) is 11.6. The minimum absolute atomic E-state index is 0.0833. The number of rotatable bonds is 7. The number of nitrogens with one attached hydrogen (secondary N) is 1. The summed E-state index contributed by atoms with van der Waals surface area (Å²) in [6, 6.07) is 11.0. The number of nitrogens with zero attached hydrogens (tertiary/aromatic N) is 2. The van der Waals surface area contributed by atoms with E-state index in [4.69, 9.17) is 0 Å². The maximum Gasteiger partial charge on any atom is 0.0951 e. The quantitative estimate of drug-likeness (QED) is 0.809. The molecular formula is C16H21N3O. The van der Waals surface area contributed by atoms with E-state index in [9.17, 15) is 5.11 Å². The van der Waals surface area contributed by atoms with Crippen LogP contribution in [0, 0.1) is 0 Å². The number of aliphatic hydroxyl groups excluding tert-OH is 1. The molecule has 1 fully saturated rings. The van der Waals surface area contributed by atoms with Gasteiger partial charge in [0.15, 0.2) is 0 Å². The second-order valence-electron chi connectivity index (χ2n) is 5.47. The van der Waals surface area contributed by atoms with E-state index in [1.807, 2.05) is 30.7 Å². The molecule has 1 saturated carbocycles. The monoisotopic (exact) mass is 271 g/mol. The summed E-state index contributed by atoms with van der Waals surface area (Å²) in [6.07, 6.45) is 7.20. The molecule has 4 heteroatoms. The molecule has 1 aliphatic carbocycles. The normalized spacial score (nSPS) is 16.2. The van der Waals surface area contributed by atoms with E-state index in [1.54, 1.807) is 0 Å². The van der Waals surface area contributed by atoms with Crippen molar-refractivity contribution in [3.63, 3.8) is 0 Å². The molecule has 0 spiro atoms. The third-order valence-electron chi connectivity index (χ3n) is 3.80. The van der Waals surface area contributed by atoms with Crippen molar-refractivity contribution < 1.29 is 5.11 Å². The van der Waals surface area contributed by atoms with Crippen molar-refractivity contribution in [2.75, 3.05) is 6.61 Å². The van der Waals surface area contributed by atoms with Gasteiger partial charge in [0.2, 0.25) is 0 Å². The van der Waals surface area contributed by atoms with Crippen LogP contribution in [0.15, 0.2) is 42.9 Å². The summed E-state index contributed by atoms with van der Waals surface area (Å²) in [7, 11) is 0. The smallest absolute Gasteiger partial charge is 0.0951 e. The Kier molecular flexibility index (Phi) is 4.14. The summed E-state index contributed by atoms with van der Waals surface area (Å²) in [5, 5.41) is 13.0. The highest BCUT2D eigenvalue weighted by molar-refractivity contribution is 5.16. The SMILES string of the molecule is OC[C@H](Cc1ccccc1)NCc1cncn1C1CC1. The molecule has 0 unspecified atom stereocenters. The average Bonchev–Trinajstić information content (AvgIpc) is 3.23. The molecule has 1 heterocycles. The van der Waals surface area contributed by atoms with Crippen LogP contribution in [0.2, 0.25) is 0 Å². The van der Waals surface area contributed by atoms with Crippen LogP contribution in [-0.2, 0) is 13.0 Å². The average molecular weight is 271 g/mol. The molecule has 0 saturated heterocycles. The minimum atomic E-state index is 0.0833. The molecule has 0 amide bonds. The minimum Gasteiger partial charge on any atom is -0.395 e. The van der Waals surface area contributed by atoms with Crippen LogP contribution in [0.5, 0.6) is 0 Å². The molecule has 106 valence electrons. The Morgan fingerprint density at radius 3 is 2.80 bits per heavy atom. The number of aliphatic hydroxyl groups is 1. The molecule has 1 aromatic carbocycles. The van der Waals surface area contributed by atoms with Gasteiger partial charge in [-0.1, -0.05) is 30.3 Å². The van der Waals surface area contributed by atoms with E-state index >= 15 is 0 Å². The van der Waals surface area contributed by atoms with Crippen molar-refractivity contribution in [1.82, 2.24) is 14.9 Å². The van der Waals surface area contributed by atoms with Gasteiger partial charge in [-0.3, -0.25) is 0 Å². The molecule has 4 nitrogen and oxygen atoms in total. The number of benzene rings is 1. The molecule has 0 radical (unpaired) electrons. The van der Waals surface area contributed by atoms with E-state index in [0.717, 1.165) is 13.0 Å². The van der Waals surface area contributed by atoms with Crippen molar-refractivity contribution in [3.8, 4) is 0 Å². The first kappa shape index (κ1) is 13.3. The van der Waals surface area contributed by atoms with Crippen molar-refractivity contribution in [2.45, 2.75) is 37.9 Å². The third-order valence-corrected chi connectivity index (χ3v) is 3.80. The van der Waals surface area contributed by atoms with Crippen molar-refractivity contribution in [3.05, 3.63) is 54.1 Å². The molecule has 2 aromatic rings. The molecule has 1 aliphatic rings. The van der Waals surface area contributed by atoms with Gasteiger partial charge in [0.05, 0.1) is 18.6 Å². The second-order valence-corrected chi connectivity index (χ2v) is 5.47. The van der Waals surface area contributed by atoms with Gasteiger partial charge in [0.25, 0.3) is 0 Å². The predicted molar refractivity (Wildman–Crippen MR) is 78.4 cm³/mol. The molecule has 1 atom stereocenters.